The van der Waals surface area contributed by atoms with E-state index in [1.54, 1.807) is 18.7 Å². The number of aromatic amines is 1. The number of fused-ring (bicyclic) bond motifs is 1. The van der Waals surface area contributed by atoms with Gasteiger partial charge >= 0.3 is 0 Å². The van der Waals surface area contributed by atoms with E-state index >= 15 is 0 Å². The minimum Gasteiger partial charge on any atom is -0.350 e. The van der Waals surface area contributed by atoms with E-state index in [2.05, 4.69) is 20.3 Å². The first kappa shape index (κ1) is 11.5. The molecule has 0 aromatic carbocycles. The molecule has 3 aromatic heterocycles. The summed E-state index contributed by atoms with van der Waals surface area (Å²) in [7, 11) is 0. The smallest absolute Gasteiger partial charge is 0.271 e. The lowest BCUT2D eigenvalue weighted by Crippen LogP contribution is -2.26. The fraction of sp³-hybridized carbons (Fsp3) is 0.154. The second kappa shape index (κ2) is 4.93. The molecule has 3 heterocycles. The van der Waals surface area contributed by atoms with Gasteiger partial charge in [0.05, 0.1) is 6.33 Å². The zero-order valence-corrected chi connectivity index (χ0v) is 10.2. The fourth-order valence-corrected chi connectivity index (χ4v) is 1.87. The highest BCUT2D eigenvalue weighted by Gasteiger charge is 2.09. The number of amides is 1. The number of carbonyl (C=O) groups is 1. The molecular formula is C13H13N5O. The number of carbonyl (C=O) groups excluding carboxylic acids is 1. The molecule has 0 unspecified atom stereocenters. The van der Waals surface area contributed by atoms with Crippen molar-refractivity contribution < 1.29 is 4.79 Å². The number of nitrogens with one attached hydrogen (secondary N) is 2. The third-order valence-electron chi connectivity index (χ3n) is 2.83. The molecule has 6 heteroatoms. The maximum atomic E-state index is 11.9. The molecule has 3 aromatic rings. The first-order valence-corrected chi connectivity index (χ1v) is 6.02. The third-order valence-corrected chi connectivity index (χ3v) is 2.83. The zero-order chi connectivity index (χ0) is 13.1. The van der Waals surface area contributed by atoms with Crippen molar-refractivity contribution in [3.8, 4) is 0 Å². The van der Waals surface area contributed by atoms with Gasteiger partial charge in [0.25, 0.3) is 5.91 Å². The van der Waals surface area contributed by atoms with E-state index in [4.69, 9.17) is 0 Å². The van der Waals surface area contributed by atoms with Gasteiger partial charge in [-0.3, -0.25) is 4.79 Å². The Morgan fingerprint density at radius 2 is 2.37 bits per heavy atom. The van der Waals surface area contributed by atoms with E-state index in [0.29, 0.717) is 12.2 Å². The number of aromatic nitrogens is 4. The summed E-state index contributed by atoms with van der Waals surface area (Å²) >= 11 is 0. The number of imidazole rings is 2. The van der Waals surface area contributed by atoms with Gasteiger partial charge in [-0.05, 0) is 12.1 Å². The SMILES string of the molecule is O=C(NCCc1cnc[nH]1)c1cn2ccccc2n1. The van der Waals surface area contributed by atoms with Crippen LogP contribution in [0.1, 0.15) is 16.2 Å². The molecule has 0 radical (unpaired) electrons. The number of hydrogen-bond acceptors (Lipinski definition) is 3. The summed E-state index contributed by atoms with van der Waals surface area (Å²) in [5.74, 6) is -0.164. The van der Waals surface area contributed by atoms with Crippen LogP contribution in [0.5, 0.6) is 0 Å². The van der Waals surface area contributed by atoms with Crippen LogP contribution >= 0.6 is 0 Å². The third kappa shape index (κ3) is 2.47. The van der Waals surface area contributed by atoms with Gasteiger partial charge in [0.1, 0.15) is 11.3 Å². The maximum Gasteiger partial charge on any atom is 0.271 e. The van der Waals surface area contributed by atoms with E-state index in [-0.39, 0.29) is 5.91 Å². The molecule has 0 aliphatic heterocycles. The first-order valence-electron chi connectivity index (χ1n) is 6.02. The molecule has 0 bridgehead atoms. The van der Waals surface area contributed by atoms with Crippen LogP contribution in [0.2, 0.25) is 0 Å². The molecule has 0 spiro atoms. The van der Waals surface area contributed by atoms with Crippen LogP contribution in [-0.4, -0.2) is 31.8 Å². The Bertz CT molecular complexity index is 653. The molecule has 2 N–H and O–H groups in total. The molecule has 0 fully saturated rings. The summed E-state index contributed by atoms with van der Waals surface area (Å²) in [5.41, 5.74) is 2.19. The molecule has 1 amide bonds. The lowest BCUT2D eigenvalue weighted by molar-refractivity contribution is 0.0949. The lowest BCUT2D eigenvalue weighted by Gasteiger charge is -2.00. The fourth-order valence-electron chi connectivity index (χ4n) is 1.87. The Kier molecular flexibility index (Phi) is 2.97. The molecule has 6 nitrogen and oxygen atoms in total. The van der Waals surface area contributed by atoms with Crippen molar-refractivity contribution >= 4 is 11.6 Å². The van der Waals surface area contributed by atoms with Crippen molar-refractivity contribution in [1.82, 2.24) is 24.7 Å². The second-order valence-electron chi connectivity index (χ2n) is 4.17. The molecule has 96 valence electrons. The quantitative estimate of drug-likeness (QED) is 0.731. The van der Waals surface area contributed by atoms with E-state index < -0.39 is 0 Å². The highest BCUT2D eigenvalue weighted by Crippen LogP contribution is 2.04. The van der Waals surface area contributed by atoms with Crippen LogP contribution in [0.4, 0.5) is 0 Å². The Balaban J connectivity index is 1.63. The van der Waals surface area contributed by atoms with Crippen LogP contribution in [0.15, 0.2) is 43.1 Å². The monoisotopic (exact) mass is 255 g/mol. The van der Waals surface area contributed by atoms with Crippen molar-refractivity contribution in [2.45, 2.75) is 6.42 Å². The van der Waals surface area contributed by atoms with Gasteiger partial charge in [-0.1, -0.05) is 6.07 Å². The molecule has 0 saturated carbocycles. The summed E-state index contributed by atoms with van der Waals surface area (Å²) in [4.78, 5) is 23.1. The normalized spacial score (nSPS) is 10.7. The highest BCUT2D eigenvalue weighted by atomic mass is 16.1. The van der Waals surface area contributed by atoms with E-state index in [1.807, 2.05) is 28.8 Å². The maximum absolute atomic E-state index is 11.9. The number of H-pyrrole nitrogens is 1. The van der Waals surface area contributed by atoms with Crippen LogP contribution in [0, 0.1) is 0 Å². The number of pyridine rings is 1. The van der Waals surface area contributed by atoms with E-state index in [9.17, 15) is 4.79 Å². The number of nitrogens with zero attached hydrogens (tertiary/aromatic N) is 3. The van der Waals surface area contributed by atoms with Crippen LogP contribution in [-0.2, 0) is 6.42 Å². The Morgan fingerprint density at radius 3 is 3.16 bits per heavy atom. The van der Waals surface area contributed by atoms with Gasteiger partial charge in [0.15, 0.2) is 0 Å². The largest absolute Gasteiger partial charge is 0.350 e. The van der Waals surface area contributed by atoms with Crippen LogP contribution in [0.3, 0.4) is 0 Å². The summed E-state index contributed by atoms with van der Waals surface area (Å²) in [6, 6.07) is 5.65. The minimum absolute atomic E-state index is 0.164. The Morgan fingerprint density at radius 1 is 1.42 bits per heavy atom. The van der Waals surface area contributed by atoms with Gasteiger partial charge in [0, 0.05) is 37.3 Å². The number of rotatable bonds is 4. The van der Waals surface area contributed by atoms with Gasteiger partial charge in [-0.25, -0.2) is 9.97 Å². The van der Waals surface area contributed by atoms with Crippen LogP contribution < -0.4 is 5.32 Å². The van der Waals surface area contributed by atoms with Crippen molar-refractivity contribution in [3.05, 3.63) is 54.5 Å². The average Bonchev–Trinajstić information content (AvgIpc) is 3.07. The first-order chi connectivity index (χ1) is 9.33. The van der Waals surface area contributed by atoms with E-state index in [0.717, 1.165) is 17.8 Å². The second-order valence-corrected chi connectivity index (χ2v) is 4.17. The Labute approximate surface area is 109 Å². The van der Waals surface area contributed by atoms with Crippen molar-refractivity contribution in [3.63, 3.8) is 0 Å². The molecular weight excluding hydrogens is 242 g/mol. The molecule has 19 heavy (non-hydrogen) atoms. The molecule has 3 rings (SSSR count). The topological polar surface area (TPSA) is 75.1 Å². The predicted molar refractivity (Wildman–Crippen MR) is 69.8 cm³/mol. The summed E-state index contributed by atoms with van der Waals surface area (Å²) in [6.07, 6.45) is 7.68. The van der Waals surface area contributed by atoms with E-state index in [1.165, 1.54) is 0 Å². The molecule has 0 aliphatic rings. The molecule has 0 atom stereocenters. The van der Waals surface area contributed by atoms with Crippen molar-refractivity contribution in [1.29, 1.82) is 0 Å². The van der Waals surface area contributed by atoms with Gasteiger partial charge in [-0.15, -0.1) is 0 Å². The van der Waals surface area contributed by atoms with Crippen molar-refractivity contribution in [2.24, 2.45) is 0 Å². The standard InChI is InChI=1S/C13H13N5O/c19-13(15-5-4-10-7-14-9-16-10)11-8-18-6-2-1-3-12(18)17-11/h1-3,6-9H,4-5H2,(H,14,16)(H,15,19). The predicted octanol–water partition coefficient (Wildman–Crippen LogP) is 1.03. The summed E-state index contributed by atoms with van der Waals surface area (Å²) in [5, 5.41) is 2.84. The average molecular weight is 255 g/mol. The van der Waals surface area contributed by atoms with Gasteiger partial charge < -0.3 is 14.7 Å². The zero-order valence-electron chi connectivity index (χ0n) is 10.2. The van der Waals surface area contributed by atoms with Crippen molar-refractivity contribution in [2.75, 3.05) is 6.54 Å². The summed E-state index contributed by atoms with van der Waals surface area (Å²) < 4.78 is 1.82. The highest BCUT2D eigenvalue weighted by molar-refractivity contribution is 5.92. The van der Waals surface area contributed by atoms with Crippen LogP contribution in [0.25, 0.3) is 5.65 Å². The molecule has 0 saturated heterocycles. The lowest BCUT2D eigenvalue weighted by atomic mass is 10.3. The van der Waals surface area contributed by atoms with Gasteiger partial charge in [-0.2, -0.15) is 0 Å². The Hall–Kier alpha value is -2.63. The molecule has 0 aliphatic carbocycles. The van der Waals surface area contributed by atoms with Gasteiger partial charge in [0.2, 0.25) is 0 Å². The summed E-state index contributed by atoms with van der Waals surface area (Å²) in [6.45, 7) is 0.550. The number of hydrogen-bond donors (Lipinski definition) is 2. The minimum atomic E-state index is -0.164.